The van der Waals surface area contributed by atoms with Gasteiger partial charge in [-0.05, 0) is 56.2 Å². The summed E-state index contributed by atoms with van der Waals surface area (Å²) in [6, 6.07) is 6.98. The highest BCUT2D eigenvalue weighted by Gasteiger charge is 2.26. The van der Waals surface area contributed by atoms with Gasteiger partial charge < -0.3 is 15.2 Å². The topological polar surface area (TPSA) is 164 Å². The molecule has 0 unspecified atom stereocenters. The first-order valence-corrected chi connectivity index (χ1v) is 16.2. The molecule has 3 amide bonds. The molecule has 1 heterocycles. The normalized spacial score (nSPS) is 14.0. The fourth-order valence-electron chi connectivity index (χ4n) is 4.70. The van der Waals surface area contributed by atoms with Crippen LogP contribution in [-0.4, -0.2) is 89.4 Å². The van der Waals surface area contributed by atoms with E-state index in [4.69, 9.17) is 4.74 Å². The lowest BCUT2D eigenvalue weighted by molar-refractivity contribution is -0.144. The molecule has 11 nitrogen and oxygen atoms in total. The Labute approximate surface area is 262 Å². The molecule has 2 N–H and O–H groups in total. The fourth-order valence-corrected chi connectivity index (χ4v) is 5.22. The first kappa shape index (κ1) is 36.6. The Morgan fingerprint density at radius 1 is 0.977 bits per heavy atom. The zero-order valence-electron chi connectivity index (χ0n) is 25.4. The van der Waals surface area contributed by atoms with Crippen molar-refractivity contribution < 1.29 is 43.4 Å². The van der Waals surface area contributed by atoms with Gasteiger partial charge in [0, 0.05) is 56.0 Å². The van der Waals surface area contributed by atoms with Gasteiger partial charge in [0.05, 0.1) is 12.5 Å². The van der Waals surface area contributed by atoms with Crippen molar-refractivity contribution in [3.63, 3.8) is 0 Å². The van der Waals surface area contributed by atoms with E-state index < -0.39 is 41.3 Å². The summed E-state index contributed by atoms with van der Waals surface area (Å²) in [6.07, 6.45) is 6.13. The summed E-state index contributed by atoms with van der Waals surface area (Å²) in [7, 11) is 0. The predicted octanol–water partition coefficient (Wildman–Crippen LogP) is 3.04. The van der Waals surface area contributed by atoms with Gasteiger partial charge in [0.15, 0.2) is 17.3 Å². The van der Waals surface area contributed by atoms with Crippen molar-refractivity contribution >= 4 is 52.8 Å². The lowest BCUT2D eigenvalue weighted by Gasteiger charge is -2.17. The van der Waals surface area contributed by atoms with Gasteiger partial charge >= 0.3 is 5.97 Å². The average molecular weight is 631 g/mol. The van der Waals surface area contributed by atoms with Crippen LogP contribution in [-0.2, 0) is 39.9 Å². The number of aliphatic carboxylic acids is 1. The van der Waals surface area contributed by atoms with E-state index in [0.29, 0.717) is 50.0 Å². The molecule has 2 rings (SSSR count). The van der Waals surface area contributed by atoms with Crippen LogP contribution in [0.5, 0.6) is 0 Å². The number of carboxylic acid groups (broad SMARTS) is 1. The van der Waals surface area contributed by atoms with Crippen molar-refractivity contribution in [2.45, 2.75) is 58.3 Å². The number of imide groups is 1. The Morgan fingerprint density at radius 2 is 1.70 bits per heavy atom. The van der Waals surface area contributed by atoms with Crippen LogP contribution in [0.15, 0.2) is 36.4 Å². The molecule has 0 spiro atoms. The molecule has 0 aromatic heterocycles. The number of hydrogen-bond acceptors (Lipinski definition) is 9. The smallest absolute Gasteiger partial charge is 0.306 e. The number of carboxylic acids is 1. The number of carbonyl (C=O) groups is 7. The van der Waals surface area contributed by atoms with Crippen LogP contribution < -0.4 is 5.32 Å². The van der Waals surface area contributed by atoms with Crippen LogP contribution in [0.1, 0.15) is 67.8 Å². The third kappa shape index (κ3) is 12.9. The van der Waals surface area contributed by atoms with E-state index in [9.17, 15) is 38.7 Å². The van der Waals surface area contributed by atoms with E-state index in [2.05, 4.69) is 5.32 Å². The van der Waals surface area contributed by atoms with Crippen molar-refractivity contribution in [1.29, 1.82) is 0 Å². The average Bonchev–Trinajstić information content (AvgIpc) is 3.33. The third-order valence-electron chi connectivity index (χ3n) is 7.25. The first-order chi connectivity index (χ1) is 21.0. The zero-order chi connectivity index (χ0) is 32.5. The molecule has 2 atom stereocenters. The number of rotatable bonds is 23. The van der Waals surface area contributed by atoms with Crippen LogP contribution in [0.2, 0.25) is 0 Å². The van der Waals surface area contributed by atoms with E-state index >= 15 is 0 Å². The SMILES string of the molecule is CCOCC(=O)CCc1cccc(C(=O)C[C@@H](CCSC)C(=O)NCC(=O)C[C@@H](CCCCN2C(=O)C=CC2=O)C(=O)O)c1. The Balaban J connectivity index is 1.86. The summed E-state index contributed by atoms with van der Waals surface area (Å²) in [5.41, 5.74) is 1.27. The Morgan fingerprint density at radius 3 is 2.36 bits per heavy atom. The van der Waals surface area contributed by atoms with Crippen molar-refractivity contribution in [3.05, 3.63) is 47.5 Å². The highest BCUT2D eigenvalue weighted by molar-refractivity contribution is 7.98. The molecule has 0 bridgehead atoms. The molecule has 240 valence electrons. The first-order valence-electron chi connectivity index (χ1n) is 14.8. The number of thioether (sulfide) groups is 1. The van der Waals surface area contributed by atoms with Gasteiger partial charge in [0.25, 0.3) is 11.8 Å². The molecule has 1 aromatic carbocycles. The van der Waals surface area contributed by atoms with Crippen molar-refractivity contribution in [2.24, 2.45) is 11.8 Å². The molecular formula is C32H42N2O9S. The van der Waals surface area contributed by atoms with E-state index in [0.717, 1.165) is 10.5 Å². The van der Waals surface area contributed by atoms with E-state index in [1.54, 1.807) is 18.2 Å². The van der Waals surface area contributed by atoms with E-state index in [-0.39, 0.29) is 50.5 Å². The van der Waals surface area contributed by atoms with Crippen LogP contribution in [0.25, 0.3) is 0 Å². The summed E-state index contributed by atoms with van der Waals surface area (Å²) in [6.45, 7) is 2.17. The Hall–Kier alpha value is -3.64. The summed E-state index contributed by atoms with van der Waals surface area (Å²) in [5, 5.41) is 12.2. The number of nitrogens with one attached hydrogen (secondary N) is 1. The number of benzene rings is 1. The number of ether oxygens (including phenoxy) is 1. The molecule has 1 aliphatic rings. The van der Waals surface area contributed by atoms with Crippen molar-refractivity contribution in [3.8, 4) is 0 Å². The maximum absolute atomic E-state index is 13.1. The van der Waals surface area contributed by atoms with Crippen LogP contribution in [0, 0.1) is 11.8 Å². The number of ketones is 3. The molecule has 0 aliphatic carbocycles. The van der Waals surface area contributed by atoms with Crippen LogP contribution >= 0.6 is 11.8 Å². The highest BCUT2D eigenvalue weighted by Crippen LogP contribution is 2.19. The molecule has 0 radical (unpaired) electrons. The second-order valence-corrected chi connectivity index (χ2v) is 11.6. The number of unbranched alkanes of at least 4 members (excludes halogenated alkanes) is 1. The van der Waals surface area contributed by atoms with Gasteiger partial charge in [-0.3, -0.25) is 38.5 Å². The highest BCUT2D eigenvalue weighted by atomic mass is 32.2. The second-order valence-electron chi connectivity index (χ2n) is 10.6. The standard InChI is InChI=1S/C32H42N2O9S/c1-3-43-21-26(35)11-10-22-7-6-9-23(17-22)28(37)19-24(14-16-44-2)31(40)33-20-27(36)18-25(32(41)42)8-4-5-15-34-29(38)12-13-30(34)39/h6-7,9,12-13,17,24-25H,3-5,8,10-11,14-16,18-21H2,1-2H3,(H,33,40)(H,41,42)/t24-,25-/m1/s1. The monoisotopic (exact) mass is 630 g/mol. The maximum atomic E-state index is 13.1. The molecule has 12 heteroatoms. The third-order valence-corrected chi connectivity index (χ3v) is 7.89. The number of amides is 3. The summed E-state index contributed by atoms with van der Waals surface area (Å²) in [4.78, 5) is 86.7. The minimum absolute atomic E-state index is 0.0210. The lowest BCUT2D eigenvalue weighted by atomic mass is 9.93. The zero-order valence-corrected chi connectivity index (χ0v) is 26.2. The number of Topliss-reactive ketones (excluding diaryl/α,β-unsaturated/α-hetero) is 3. The second kappa shape index (κ2) is 19.6. The number of carbonyl (C=O) groups excluding carboxylic acids is 6. The van der Waals surface area contributed by atoms with Gasteiger partial charge in [0.1, 0.15) is 6.61 Å². The Kier molecular flexibility index (Phi) is 16.3. The summed E-state index contributed by atoms with van der Waals surface area (Å²) < 4.78 is 5.14. The Bertz CT molecular complexity index is 1210. The molecule has 1 aliphatic heterocycles. The number of nitrogens with zero attached hydrogens (tertiary/aromatic N) is 1. The molecular weight excluding hydrogens is 588 g/mol. The predicted molar refractivity (Wildman–Crippen MR) is 165 cm³/mol. The van der Waals surface area contributed by atoms with Crippen molar-refractivity contribution in [1.82, 2.24) is 10.2 Å². The fraction of sp³-hybridized carbons (Fsp3) is 0.531. The minimum Gasteiger partial charge on any atom is -0.481 e. The van der Waals surface area contributed by atoms with Crippen molar-refractivity contribution in [2.75, 3.05) is 38.3 Å². The number of hydrogen-bond donors (Lipinski definition) is 2. The van der Waals surface area contributed by atoms with Gasteiger partial charge in [-0.25, -0.2) is 0 Å². The van der Waals surface area contributed by atoms with Crippen LogP contribution in [0.4, 0.5) is 0 Å². The molecule has 0 saturated carbocycles. The quantitative estimate of drug-likeness (QED) is 0.104. The minimum atomic E-state index is -1.14. The number of aryl methyl sites for hydroxylation is 1. The molecule has 1 aromatic rings. The van der Waals surface area contributed by atoms with E-state index in [1.807, 2.05) is 19.2 Å². The van der Waals surface area contributed by atoms with Gasteiger partial charge in [-0.1, -0.05) is 24.6 Å². The molecule has 0 fully saturated rings. The van der Waals surface area contributed by atoms with E-state index in [1.165, 1.54) is 23.9 Å². The van der Waals surface area contributed by atoms with Gasteiger partial charge in [-0.15, -0.1) is 0 Å². The molecule has 0 saturated heterocycles. The molecule has 44 heavy (non-hydrogen) atoms. The van der Waals surface area contributed by atoms with Crippen LogP contribution in [0.3, 0.4) is 0 Å². The lowest BCUT2D eigenvalue weighted by Crippen LogP contribution is -2.37. The summed E-state index contributed by atoms with van der Waals surface area (Å²) in [5.74, 6) is -4.06. The van der Waals surface area contributed by atoms with Gasteiger partial charge in [0.2, 0.25) is 5.91 Å². The summed E-state index contributed by atoms with van der Waals surface area (Å²) >= 11 is 1.53. The van der Waals surface area contributed by atoms with Gasteiger partial charge in [-0.2, -0.15) is 11.8 Å². The largest absolute Gasteiger partial charge is 0.481 e. The maximum Gasteiger partial charge on any atom is 0.306 e.